The first-order valence-electron chi connectivity index (χ1n) is 4.36. The van der Waals surface area contributed by atoms with Crippen LogP contribution in [0.5, 0.6) is 0 Å². The fourth-order valence-electron chi connectivity index (χ4n) is 1.07. The third-order valence-corrected chi connectivity index (χ3v) is 1.66. The summed E-state index contributed by atoms with van der Waals surface area (Å²) in [6.45, 7) is 0. The smallest absolute Gasteiger partial charge is 0.269 e. The minimum Gasteiger partial charge on any atom is -0.372 e. The molecule has 1 heterocycles. The van der Waals surface area contributed by atoms with Gasteiger partial charge in [-0.3, -0.25) is 10.2 Å². The molecule has 0 aliphatic rings. The lowest BCUT2D eigenvalue weighted by molar-refractivity contribution is 0.0857. The van der Waals surface area contributed by atoms with Crippen molar-refractivity contribution in [2.45, 2.75) is 0 Å². The van der Waals surface area contributed by atoms with Crippen molar-refractivity contribution >= 4 is 11.7 Å². The fraction of sp³-hybridized carbons (Fsp3) is 0.333. The largest absolute Gasteiger partial charge is 0.372 e. The average molecular weight is 212 g/mol. The molecular formula is C9H13FN4O. The van der Waals surface area contributed by atoms with E-state index < -0.39 is 11.7 Å². The van der Waals surface area contributed by atoms with Gasteiger partial charge in [-0.05, 0) is 6.07 Å². The number of nitrogens with one attached hydrogen (secondary N) is 2. The zero-order valence-electron chi connectivity index (χ0n) is 8.84. The summed E-state index contributed by atoms with van der Waals surface area (Å²) in [4.78, 5) is 15.3. The van der Waals surface area contributed by atoms with Crippen molar-refractivity contribution in [3.8, 4) is 0 Å². The number of amides is 1. The van der Waals surface area contributed by atoms with E-state index >= 15 is 0 Å². The summed E-state index contributed by atoms with van der Waals surface area (Å²) in [5.41, 5.74) is 2.68. The molecule has 0 aliphatic carbocycles. The number of aromatic nitrogens is 1. The highest BCUT2D eigenvalue weighted by Crippen LogP contribution is 2.12. The van der Waals surface area contributed by atoms with Gasteiger partial charge >= 0.3 is 0 Å². The Balaban J connectivity index is 3.00. The molecule has 0 aromatic carbocycles. The van der Waals surface area contributed by atoms with E-state index in [-0.39, 0.29) is 5.56 Å². The van der Waals surface area contributed by atoms with Crippen LogP contribution in [0, 0.1) is 5.82 Å². The van der Waals surface area contributed by atoms with Crippen LogP contribution < -0.4 is 10.7 Å². The van der Waals surface area contributed by atoms with Gasteiger partial charge in [-0.1, -0.05) is 0 Å². The molecule has 0 fully saturated rings. The third kappa shape index (κ3) is 2.88. The number of hydrogen-bond donors (Lipinski definition) is 2. The molecule has 2 N–H and O–H groups in total. The van der Waals surface area contributed by atoms with E-state index in [1.165, 1.54) is 5.01 Å². The summed E-state index contributed by atoms with van der Waals surface area (Å²) in [6.07, 6.45) is 1.05. The van der Waals surface area contributed by atoms with E-state index in [1.807, 2.05) is 0 Å². The predicted octanol–water partition coefficient (Wildman–Crippen LogP) is 0.469. The SMILES string of the molecule is CNc1ncc(F)cc1C(=O)NN(C)C. The van der Waals surface area contributed by atoms with Crippen molar-refractivity contribution in [2.75, 3.05) is 26.5 Å². The number of hydrazine groups is 1. The van der Waals surface area contributed by atoms with Gasteiger partial charge in [-0.15, -0.1) is 0 Å². The third-order valence-electron chi connectivity index (χ3n) is 1.66. The number of pyridine rings is 1. The molecule has 5 nitrogen and oxygen atoms in total. The highest BCUT2D eigenvalue weighted by atomic mass is 19.1. The lowest BCUT2D eigenvalue weighted by Gasteiger charge is -2.13. The van der Waals surface area contributed by atoms with Crippen LogP contribution in [0.2, 0.25) is 0 Å². The first-order chi connectivity index (χ1) is 7.04. The monoisotopic (exact) mass is 212 g/mol. The molecule has 1 rings (SSSR count). The van der Waals surface area contributed by atoms with Gasteiger partial charge in [0, 0.05) is 21.1 Å². The van der Waals surface area contributed by atoms with Crippen molar-refractivity contribution in [2.24, 2.45) is 0 Å². The average Bonchev–Trinajstić information content (AvgIpc) is 2.16. The van der Waals surface area contributed by atoms with Gasteiger partial charge in [0.1, 0.15) is 11.6 Å². The molecule has 6 heteroatoms. The topological polar surface area (TPSA) is 57.3 Å². The Morgan fingerprint density at radius 2 is 2.20 bits per heavy atom. The van der Waals surface area contributed by atoms with Crippen LogP contribution in [0.25, 0.3) is 0 Å². The first-order valence-corrected chi connectivity index (χ1v) is 4.36. The highest BCUT2D eigenvalue weighted by Gasteiger charge is 2.13. The molecule has 0 radical (unpaired) electrons. The molecule has 0 bridgehead atoms. The molecule has 0 aliphatic heterocycles. The quantitative estimate of drug-likeness (QED) is 0.715. The summed E-state index contributed by atoms with van der Waals surface area (Å²) in [6, 6.07) is 1.14. The van der Waals surface area contributed by atoms with Gasteiger partial charge in [0.15, 0.2) is 0 Å². The molecule has 1 amide bonds. The Bertz CT molecular complexity index is 367. The number of rotatable bonds is 3. The molecule has 1 aromatic rings. The van der Waals surface area contributed by atoms with E-state index in [0.29, 0.717) is 5.82 Å². The van der Waals surface area contributed by atoms with E-state index in [2.05, 4.69) is 15.7 Å². The Morgan fingerprint density at radius 1 is 1.53 bits per heavy atom. The second kappa shape index (κ2) is 4.70. The van der Waals surface area contributed by atoms with Gasteiger partial charge in [0.25, 0.3) is 5.91 Å². The van der Waals surface area contributed by atoms with Crippen molar-refractivity contribution < 1.29 is 9.18 Å². The van der Waals surface area contributed by atoms with Crippen LogP contribution in [-0.2, 0) is 0 Å². The predicted molar refractivity (Wildman–Crippen MR) is 54.9 cm³/mol. The van der Waals surface area contributed by atoms with E-state index in [9.17, 15) is 9.18 Å². The minimum atomic E-state index is -0.544. The summed E-state index contributed by atoms with van der Waals surface area (Å²) in [5.74, 6) is -0.606. The molecule has 0 unspecified atom stereocenters. The van der Waals surface area contributed by atoms with Crippen molar-refractivity contribution in [1.82, 2.24) is 15.4 Å². The van der Waals surface area contributed by atoms with Crippen LogP contribution in [0.4, 0.5) is 10.2 Å². The number of nitrogens with zero attached hydrogens (tertiary/aromatic N) is 2. The Morgan fingerprint density at radius 3 is 2.73 bits per heavy atom. The van der Waals surface area contributed by atoms with Crippen molar-refractivity contribution in [3.05, 3.63) is 23.6 Å². The number of carbonyl (C=O) groups excluding carboxylic acids is 1. The summed E-state index contributed by atoms with van der Waals surface area (Å²) < 4.78 is 12.9. The zero-order valence-corrected chi connectivity index (χ0v) is 8.84. The Kier molecular flexibility index (Phi) is 3.56. The number of anilines is 1. The lowest BCUT2D eigenvalue weighted by Crippen LogP contribution is -2.36. The minimum absolute atomic E-state index is 0.172. The maximum Gasteiger partial charge on any atom is 0.269 e. The molecule has 15 heavy (non-hydrogen) atoms. The van der Waals surface area contributed by atoms with Crippen LogP contribution in [0.3, 0.4) is 0 Å². The van der Waals surface area contributed by atoms with Crippen molar-refractivity contribution in [3.63, 3.8) is 0 Å². The fourth-order valence-corrected chi connectivity index (χ4v) is 1.07. The normalized spacial score (nSPS) is 10.2. The molecule has 0 saturated heterocycles. The summed E-state index contributed by atoms with van der Waals surface area (Å²) in [5, 5.41) is 4.20. The lowest BCUT2D eigenvalue weighted by atomic mass is 10.2. The van der Waals surface area contributed by atoms with Gasteiger partial charge in [-0.25, -0.2) is 14.4 Å². The summed E-state index contributed by atoms with van der Waals surface area (Å²) in [7, 11) is 4.96. The first kappa shape index (κ1) is 11.4. The van der Waals surface area contributed by atoms with E-state index in [0.717, 1.165) is 12.3 Å². The van der Waals surface area contributed by atoms with E-state index in [1.54, 1.807) is 21.1 Å². The second-order valence-corrected chi connectivity index (χ2v) is 3.14. The van der Waals surface area contributed by atoms with Gasteiger partial charge in [-0.2, -0.15) is 0 Å². The maximum absolute atomic E-state index is 12.9. The number of carbonyl (C=O) groups is 1. The maximum atomic E-state index is 12.9. The van der Waals surface area contributed by atoms with Crippen molar-refractivity contribution in [1.29, 1.82) is 0 Å². The molecular weight excluding hydrogens is 199 g/mol. The molecule has 0 spiro atoms. The Labute approximate surface area is 87.3 Å². The molecule has 82 valence electrons. The van der Waals surface area contributed by atoms with Gasteiger partial charge in [0.05, 0.1) is 11.8 Å². The van der Waals surface area contributed by atoms with E-state index in [4.69, 9.17) is 0 Å². The van der Waals surface area contributed by atoms with Gasteiger partial charge in [0.2, 0.25) is 0 Å². The molecule has 0 atom stereocenters. The van der Waals surface area contributed by atoms with Gasteiger partial charge < -0.3 is 5.32 Å². The van der Waals surface area contributed by atoms with Crippen LogP contribution in [0.1, 0.15) is 10.4 Å². The second-order valence-electron chi connectivity index (χ2n) is 3.14. The standard InChI is InChI=1S/C9H13FN4O/c1-11-8-7(4-6(10)5-12-8)9(15)13-14(2)3/h4-5H,1-3H3,(H,11,12)(H,13,15). The Hall–Kier alpha value is -1.69. The van der Waals surface area contributed by atoms with Crippen LogP contribution in [-0.4, -0.2) is 37.0 Å². The highest BCUT2D eigenvalue weighted by molar-refractivity contribution is 5.98. The van der Waals surface area contributed by atoms with Crippen LogP contribution >= 0.6 is 0 Å². The summed E-state index contributed by atoms with van der Waals surface area (Å²) >= 11 is 0. The zero-order chi connectivity index (χ0) is 11.4. The number of halogens is 1. The van der Waals surface area contributed by atoms with Crippen LogP contribution in [0.15, 0.2) is 12.3 Å². The molecule has 1 aromatic heterocycles. The molecule has 0 saturated carbocycles. The number of hydrogen-bond acceptors (Lipinski definition) is 4.